The zero-order valence-corrected chi connectivity index (χ0v) is 14.3. The summed E-state index contributed by atoms with van der Waals surface area (Å²) < 4.78 is 26.0. The second-order valence-corrected chi connectivity index (χ2v) is 6.99. The number of nitrogens with zero attached hydrogens (tertiary/aromatic N) is 1. The van der Waals surface area contributed by atoms with Gasteiger partial charge in [0.05, 0.1) is 6.07 Å². The number of allylic oxidation sites excluding steroid dienone is 2. The molecule has 0 N–H and O–H groups in total. The van der Waals surface area contributed by atoms with E-state index < -0.39 is 11.6 Å². The molecule has 0 radical (unpaired) electrons. The summed E-state index contributed by atoms with van der Waals surface area (Å²) in [6.45, 7) is 0. The van der Waals surface area contributed by atoms with Crippen LogP contribution >= 0.6 is 0 Å². The minimum Gasteiger partial charge on any atom is -0.204 e. The maximum atomic E-state index is 13.2. The van der Waals surface area contributed by atoms with E-state index in [2.05, 4.69) is 0 Å². The van der Waals surface area contributed by atoms with Gasteiger partial charge in [-0.15, -0.1) is 0 Å². The molecule has 2 rings (SSSR count). The second-order valence-electron chi connectivity index (χ2n) is 6.99. The molecule has 0 heterocycles. The molecule has 0 unspecified atom stereocenters. The third-order valence-electron chi connectivity index (χ3n) is 5.21. The Morgan fingerprint density at radius 1 is 1.00 bits per heavy atom. The van der Waals surface area contributed by atoms with E-state index in [1.165, 1.54) is 57.1 Å². The zero-order valence-electron chi connectivity index (χ0n) is 14.3. The number of rotatable bonds is 8. The molecule has 24 heavy (non-hydrogen) atoms. The van der Waals surface area contributed by atoms with E-state index in [9.17, 15) is 8.78 Å². The first-order chi connectivity index (χ1) is 11.7. The highest BCUT2D eigenvalue weighted by molar-refractivity contribution is 5.17. The van der Waals surface area contributed by atoms with Crippen LogP contribution < -0.4 is 0 Å². The predicted molar refractivity (Wildman–Crippen MR) is 93.3 cm³/mol. The zero-order chi connectivity index (χ0) is 17.2. The number of hydrogen-bond acceptors (Lipinski definition) is 1. The molecule has 1 aliphatic carbocycles. The third-order valence-corrected chi connectivity index (χ3v) is 5.21. The predicted octanol–water partition coefficient (Wildman–Crippen LogP) is 6.34. The van der Waals surface area contributed by atoms with Gasteiger partial charge in [-0.3, -0.25) is 0 Å². The SMILES string of the molecule is N#C/C=C/CC[C@H]1CC[C@H](CCCCc2ccc(F)c(F)c2)CC1. The van der Waals surface area contributed by atoms with Crippen LogP contribution in [0.3, 0.4) is 0 Å². The third kappa shape index (κ3) is 6.43. The largest absolute Gasteiger partial charge is 0.204 e. The molecule has 0 spiro atoms. The Balaban J connectivity index is 1.57. The highest BCUT2D eigenvalue weighted by Crippen LogP contribution is 2.34. The lowest BCUT2D eigenvalue weighted by Crippen LogP contribution is -2.14. The van der Waals surface area contributed by atoms with Crippen LogP contribution in [0.1, 0.15) is 63.4 Å². The fraction of sp³-hybridized carbons (Fsp3) is 0.571. The average Bonchev–Trinajstić information content (AvgIpc) is 2.60. The molecule has 0 atom stereocenters. The monoisotopic (exact) mass is 331 g/mol. The summed E-state index contributed by atoms with van der Waals surface area (Å²) in [6, 6.07) is 6.26. The van der Waals surface area contributed by atoms with Crippen molar-refractivity contribution in [3.8, 4) is 6.07 Å². The van der Waals surface area contributed by atoms with Crippen molar-refractivity contribution in [2.45, 2.75) is 64.2 Å². The van der Waals surface area contributed by atoms with Crippen LogP contribution in [0.2, 0.25) is 0 Å². The number of halogens is 2. The van der Waals surface area contributed by atoms with Crippen molar-refractivity contribution in [2.75, 3.05) is 0 Å². The molecule has 1 nitrogen and oxygen atoms in total. The first kappa shape index (κ1) is 18.6. The summed E-state index contributed by atoms with van der Waals surface area (Å²) in [5.41, 5.74) is 0.892. The van der Waals surface area contributed by atoms with E-state index in [4.69, 9.17) is 5.26 Å². The molecule has 1 fully saturated rings. The standard InChI is InChI=1S/C21H27F2N/c22-20-14-13-19(16-21(20)23)8-4-3-7-18-11-9-17(10-12-18)6-2-1-5-15-24/h1,5,13-14,16-18H,2-4,6-12H2/b5-1+/t17-,18-. The molecule has 0 aliphatic heterocycles. The first-order valence-corrected chi connectivity index (χ1v) is 9.17. The van der Waals surface area contributed by atoms with Gasteiger partial charge in [0, 0.05) is 6.08 Å². The molecule has 1 aromatic carbocycles. The summed E-state index contributed by atoms with van der Waals surface area (Å²) in [5.74, 6) is 0.154. The van der Waals surface area contributed by atoms with Gasteiger partial charge >= 0.3 is 0 Å². The molecule has 0 aromatic heterocycles. The highest BCUT2D eigenvalue weighted by atomic mass is 19.2. The fourth-order valence-corrected chi connectivity index (χ4v) is 3.73. The van der Waals surface area contributed by atoms with Gasteiger partial charge in [-0.05, 0) is 55.2 Å². The highest BCUT2D eigenvalue weighted by Gasteiger charge is 2.20. The lowest BCUT2D eigenvalue weighted by molar-refractivity contribution is 0.250. The van der Waals surface area contributed by atoms with Crippen LogP contribution in [-0.2, 0) is 6.42 Å². The van der Waals surface area contributed by atoms with E-state index >= 15 is 0 Å². The molecule has 1 aromatic rings. The molecule has 0 saturated heterocycles. The van der Waals surface area contributed by atoms with Crippen LogP contribution in [0.4, 0.5) is 8.78 Å². The quantitative estimate of drug-likeness (QED) is 0.402. The van der Waals surface area contributed by atoms with Crippen molar-refractivity contribution >= 4 is 0 Å². The van der Waals surface area contributed by atoms with E-state index in [0.717, 1.165) is 36.7 Å². The Labute approximate surface area is 144 Å². The molecular formula is C21H27F2N. The number of nitriles is 1. The van der Waals surface area contributed by atoms with Crippen molar-refractivity contribution in [3.63, 3.8) is 0 Å². The molecule has 3 heteroatoms. The van der Waals surface area contributed by atoms with Crippen molar-refractivity contribution in [1.29, 1.82) is 5.26 Å². The maximum absolute atomic E-state index is 13.2. The van der Waals surface area contributed by atoms with Crippen LogP contribution in [0, 0.1) is 34.8 Å². The Bertz CT molecular complexity index is 566. The smallest absolute Gasteiger partial charge is 0.159 e. The van der Waals surface area contributed by atoms with Crippen LogP contribution in [-0.4, -0.2) is 0 Å². The van der Waals surface area contributed by atoms with Gasteiger partial charge in [0.15, 0.2) is 11.6 Å². The van der Waals surface area contributed by atoms with Crippen LogP contribution in [0.25, 0.3) is 0 Å². The van der Waals surface area contributed by atoms with Gasteiger partial charge in [-0.2, -0.15) is 5.26 Å². The minimum atomic E-state index is -0.765. The van der Waals surface area contributed by atoms with Gasteiger partial charge in [0.25, 0.3) is 0 Å². The lowest BCUT2D eigenvalue weighted by atomic mass is 9.78. The van der Waals surface area contributed by atoms with Gasteiger partial charge in [0.1, 0.15) is 0 Å². The minimum absolute atomic E-state index is 0.740. The summed E-state index contributed by atoms with van der Waals surface area (Å²) in [5, 5.41) is 8.47. The Kier molecular flexibility index (Phi) is 7.95. The number of benzene rings is 1. The normalized spacial score (nSPS) is 21.0. The molecule has 1 aliphatic rings. The second kappa shape index (κ2) is 10.2. The topological polar surface area (TPSA) is 23.8 Å². The molecule has 0 bridgehead atoms. The molecular weight excluding hydrogens is 304 g/mol. The van der Waals surface area contributed by atoms with Gasteiger partial charge in [0.2, 0.25) is 0 Å². The summed E-state index contributed by atoms with van der Waals surface area (Å²) in [7, 11) is 0. The van der Waals surface area contributed by atoms with Crippen LogP contribution in [0.5, 0.6) is 0 Å². The Hall–Kier alpha value is -1.69. The Morgan fingerprint density at radius 3 is 2.38 bits per heavy atom. The number of aryl methyl sites for hydroxylation is 1. The van der Waals surface area contributed by atoms with Gasteiger partial charge in [-0.1, -0.05) is 50.7 Å². The van der Waals surface area contributed by atoms with Crippen molar-refractivity contribution < 1.29 is 8.78 Å². The maximum Gasteiger partial charge on any atom is 0.159 e. The fourth-order valence-electron chi connectivity index (χ4n) is 3.73. The molecule has 1 saturated carbocycles. The lowest BCUT2D eigenvalue weighted by Gasteiger charge is -2.28. The molecule has 0 amide bonds. The van der Waals surface area contributed by atoms with Crippen molar-refractivity contribution in [2.24, 2.45) is 11.8 Å². The molecule has 130 valence electrons. The van der Waals surface area contributed by atoms with Gasteiger partial charge < -0.3 is 0 Å². The average molecular weight is 331 g/mol. The van der Waals surface area contributed by atoms with E-state index in [-0.39, 0.29) is 0 Å². The van der Waals surface area contributed by atoms with Crippen molar-refractivity contribution in [3.05, 3.63) is 47.5 Å². The van der Waals surface area contributed by atoms with Crippen LogP contribution in [0.15, 0.2) is 30.4 Å². The van der Waals surface area contributed by atoms with E-state index in [0.29, 0.717) is 0 Å². The van der Waals surface area contributed by atoms with E-state index in [1.807, 2.05) is 12.1 Å². The first-order valence-electron chi connectivity index (χ1n) is 9.17. The van der Waals surface area contributed by atoms with Gasteiger partial charge in [-0.25, -0.2) is 8.78 Å². The number of unbranched alkanes of at least 4 members (excludes halogenated alkanes) is 1. The van der Waals surface area contributed by atoms with Crippen molar-refractivity contribution in [1.82, 2.24) is 0 Å². The number of hydrogen-bond donors (Lipinski definition) is 0. The Morgan fingerprint density at radius 2 is 1.71 bits per heavy atom. The van der Waals surface area contributed by atoms with E-state index in [1.54, 1.807) is 12.1 Å². The summed E-state index contributed by atoms with van der Waals surface area (Å²) in [6.07, 6.45) is 15.4. The summed E-state index contributed by atoms with van der Waals surface area (Å²) >= 11 is 0. The summed E-state index contributed by atoms with van der Waals surface area (Å²) in [4.78, 5) is 0.